The molecule has 65 heavy (non-hydrogen) atoms. The summed E-state index contributed by atoms with van der Waals surface area (Å²) in [6, 6.07) is 78.5. The Morgan fingerprint density at radius 3 is 1.54 bits per heavy atom. The molecular weight excluding hydrogens is 785 g/mol. The molecule has 0 unspecified atom stereocenters. The highest BCUT2D eigenvalue weighted by atomic mass is 15.1. The van der Waals surface area contributed by atoms with Crippen LogP contribution in [-0.4, -0.2) is 4.57 Å². The van der Waals surface area contributed by atoms with Crippen molar-refractivity contribution in [1.82, 2.24) is 4.57 Å². The first-order valence-corrected chi connectivity index (χ1v) is 22.8. The summed E-state index contributed by atoms with van der Waals surface area (Å²) in [4.78, 5) is 2.48. The van der Waals surface area contributed by atoms with Crippen molar-refractivity contribution in [2.75, 3.05) is 4.90 Å². The van der Waals surface area contributed by atoms with Crippen LogP contribution >= 0.6 is 0 Å². The number of aryl methyl sites for hydroxylation is 1. The molecule has 12 aromatic rings. The second-order valence-corrected chi connectivity index (χ2v) is 17.5. The maximum absolute atomic E-state index is 2.52. The van der Waals surface area contributed by atoms with Gasteiger partial charge in [-0.25, -0.2) is 0 Å². The van der Waals surface area contributed by atoms with Crippen LogP contribution in [0.4, 0.5) is 17.1 Å². The van der Waals surface area contributed by atoms with Crippen LogP contribution in [0, 0.1) is 6.92 Å². The number of hydrogen-bond donors (Lipinski definition) is 0. The first kappa shape index (κ1) is 37.4. The molecule has 0 spiro atoms. The molecule has 0 bridgehead atoms. The summed E-state index contributed by atoms with van der Waals surface area (Å²) in [5.74, 6) is 0. The van der Waals surface area contributed by atoms with Crippen molar-refractivity contribution in [3.8, 4) is 27.9 Å². The fourth-order valence-electron chi connectivity index (χ4n) is 11.1. The average molecular weight is 829 g/mol. The van der Waals surface area contributed by atoms with Crippen LogP contribution < -0.4 is 15.3 Å². The SMILES string of the molecule is Cc1ccc2c(-c3cccc4ccccc34)c3c(c(-c4c5ccccc5c(N(c5ccccc5)c5ccc(-n6c7ccccc7c7ccccc76)cc5)c5ccccc45)c2c1)=CCCC=3. The Morgan fingerprint density at radius 1 is 0.369 bits per heavy atom. The Hall–Kier alpha value is -8.20. The Morgan fingerprint density at radius 2 is 0.877 bits per heavy atom. The van der Waals surface area contributed by atoms with Gasteiger partial charge in [0, 0.05) is 38.6 Å². The number of hydrogen-bond acceptors (Lipinski definition) is 1. The smallest absolute Gasteiger partial charge is 0.0618 e. The summed E-state index contributed by atoms with van der Waals surface area (Å²) in [6.07, 6.45) is 7.05. The Bertz CT molecular complexity index is 3890. The van der Waals surface area contributed by atoms with Gasteiger partial charge in [0.25, 0.3) is 0 Å². The summed E-state index contributed by atoms with van der Waals surface area (Å²) < 4.78 is 2.40. The van der Waals surface area contributed by atoms with E-state index in [-0.39, 0.29) is 0 Å². The Kier molecular flexibility index (Phi) is 8.60. The third-order valence-electron chi connectivity index (χ3n) is 13.8. The van der Waals surface area contributed by atoms with E-state index in [0.717, 1.165) is 29.9 Å². The molecule has 1 aromatic heterocycles. The van der Waals surface area contributed by atoms with Gasteiger partial charge in [-0.3, -0.25) is 0 Å². The highest BCUT2D eigenvalue weighted by Gasteiger charge is 2.25. The minimum Gasteiger partial charge on any atom is -0.309 e. The van der Waals surface area contributed by atoms with E-state index >= 15 is 0 Å². The van der Waals surface area contributed by atoms with E-state index in [1.54, 1.807) is 0 Å². The third kappa shape index (κ3) is 5.81. The molecular formula is C63H44N2. The van der Waals surface area contributed by atoms with Crippen molar-refractivity contribution in [2.45, 2.75) is 19.8 Å². The average Bonchev–Trinajstić information content (AvgIpc) is 3.71. The maximum atomic E-state index is 2.52. The van der Waals surface area contributed by atoms with Gasteiger partial charge in [-0.1, -0.05) is 182 Å². The molecule has 0 saturated heterocycles. The van der Waals surface area contributed by atoms with Gasteiger partial charge in [-0.2, -0.15) is 0 Å². The standard InChI is InChI=1S/C63H44N2/c1-41-34-39-54-57(40-41)62(51-26-8-7-25-50(51)60(54)49-31-17-19-42-18-5-6-22-46(42)49)61-52-27-9-11-29-55(52)63(56-30-12-10-28-53(56)61)64(43-20-3-2-4-21-43)44-35-37-45(38-36-44)65-58-32-15-13-23-47(58)48-24-14-16-33-59(48)65/h2-6,9-40H,7-8H2,1H3. The molecule has 0 saturated carbocycles. The monoisotopic (exact) mass is 828 g/mol. The molecule has 306 valence electrons. The zero-order valence-electron chi connectivity index (χ0n) is 36.2. The van der Waals surface area contributed by atoms with Crippen LogP contribution in [0.3, 0.4) is 0 Å². The summed E-state index contributed by atoms with van der Waals surface area (Å²) in [5.41, 5.74) is 13.4. The lowest BCUT2D eigenvalue weighted by Gasteiger charge is -2.30. The van der Waals surface area contributed by atoms with E-state index < -0.39 is 0 Å². The quantitative estimate of drug-likeness (QED) is 0.152. The molecule has 2 heteroatoms. The van der Waals surface area contributed by atoms with E-state index in [2.05, 4.69) is 241 Å². The molecule has 1 heterocycles. The molecule has 2 nitrogen and oxygen atoms in total. The van der Waals surface area contributed by atoms with E-state index in [4.69, 9.17) is 0 Å². The number of benzene rings is 11. The van der Waals surface area contributed by atoms with Crippen molar-refractivity contribution < 1.29 is 0 Å². The zero-order chi connectivity index (χ0) is 43.0. The Balaban J connectivity index is 1.09. The van der Waals surface area contributed by atoms with Gasteiger partial charge >= 0.3 is 0 Å². The van der Waals surface area contributed by atoms with Gasteiger partial charge in [0.2, 0.25) is 0 Å². The van der Waals surface area contributed by atoms with Gasteiger partial charge in [0.1, 0.15) is 0 Å². The van der Waals surface area contributed by atoms with Crippen molar-refractivity contribution in [3.05, 3.63) is 228 Å². The molecule has 1 aliphatic rings. The number of fused-ring (bicyclic) bond motifs is 8. The van der Waals surface area contributed by atoms with Crippen LogP contribution in [0.25, 0.3) is 105 Å². The molecule has 11 aromatic carbocycles. The summed E-state index contributed by atoms with van der Waals surface area (Å²) in [7, 11) is 0. The van der Waals surface area contributed by atoms with E-state index in [1.807, 2.05) is 0 Å². The number of rotatable bonds is 6. The first-order valence-electron chi connectivity index (χ1n) is 22.8. The number of nitrogens with zero attached hydrogens (tertiary/aromatic N) is 2. The molecule has 0 atom stereocenters. The van der Waals surface area contributed by atoms with Crippen molar-refractivity contribution in [2.24, 2.45) is 0 Å². The molecule has 0 fully saturated rings. The van der Waals surface area contributed by atoms with Gasteiger partial charge < -0.3 is 9.47 Å². The lowest BCUT2D eigenvalue weighted by Crippen LogP contribution is -2.31. The van der Waals surface area contributed by atoms with Crippen molar-refractivity contribution >= 4 is 94.1 Å². The van der Waals surface area contributed by atoms with Crippen molar-refractivity contribution in [3.63, 3.8) is 0 Å². The molecule has 0 aliphatic heterocycles. The lowest BCUT2D eigenvalue weighted by atomic mass is 9.81. The first-order chi connectivity index (χ1) is 32.2. The summed E-state index contributed by atoms with van der Waals surface area (Å²) in [6.45, 7) is 2.24. The van der Waals surface area contributed by atoms with Crippen LogP contribution in [0.5, 0.6) is 0 Å². The summed E-state index contributed by atoms with van der Waals surface area (Å²) in [5, 5.41) is 15.2. The van der Waals surface area contributed by atoms with Gasteiger partial charge in [-0.05, 0) is 133 Å². The van der Waals surface area contributed by atoms with Gasteiger partial charge in [0.15, 0.2) is 0 Å². The fraction of sp³-hybridized carbons (Fsp3) is 0.0476. The number of para-hydroxylation sites is 3. The second kappa shape index (κ2) is 15.0. The highest BCUT2D eigenvalue weighted by molar-refractivity contribution is 6.25. The molecule has 0 N–H and O–H groups in total. The van der Waals surface area contributed by atoms with E-state index in [9.17, 15) is 0 Å². The van der Waals surface area contributed by atoms with Gasteiger partial charge in [0.05, 0.1) is 16.7 Å². The maximum Gasteiger partial charge on any atom is 0.0618 e. The summed E-state index contributed by atoms with van der Waals surface area (Å²) >= 11 is 0. The third-order valence-corrected chi connectivity index (χ3v) is 13.8. The predicted octanol–water partition coefficient (Wildman–Crippen LogP) is 15.9. The van der Waals surface area contributed by atoms with Crippen LogP contribution in [0.15, 0.2) is 212 Å². The molecule has 1 aliphatic carbocycles. The Labute approximate surface area is 377 Å². The van der Waals surface area contributed by atoms with Crippen molar-refractivity contribution in [1.29, 1.82) is 0 Å². The van der Waals surface area contributed by atoms with Crippen LogP contribution in [0.2, 0.25) is 0 Å². The largest absolute Gasteiger partial charge is 0.309 e. The minimum atomic E-state index is 1.01. The molecule has 0 radical (unpaired) electrons. The predicted molar refractivity (Wildman–Crippen MR) is 279 cm³/mol. The van der Waals surface area contributed by atoms with Crippen LogP contribution in [-0.2, 0) is 0 Å². The number of anilines is 3. The molecule has 0 amide bonds. The number of aromatic nitrogens is 1. The fourth-order valence-corrected chi connectivity index (χ4v) is 11.1. The minimum absolute atomic E-state index is 1.01. The topological polar surface area (TPSA) is 8.17 Å². The van der Waals surface area contributed by atoms with E-state index in [0.29, 0.717) is 0 Å². The zero-order valence-corrected chi connectivity index (χ0v) is 36.2. The van der Waals surface area contributed by atoms with Crippen LogP contribution in [0.1, 0.15) is 18.4 Å². The molecule has 13 rings (SSSR count). The second-order valence-electron chi connectivity index (χ2n) is 17.5. The van der Waals surface area contributed by atoms with E-state index in [1.165, 1.54) is 109 Å². The normalized spacial score (nSPS) is 12.5. The highest BCUT2D eigenvalue weighted by Crippen LogP contribution is 2.49. The lowest BCUT2D eigenvalue weighted by molar-refractivity contribution is 1.12. The van der Waals surface area contributed by atoms with Gasteiger partial charge in [-0.15, -0.1) is 0 Å².